The van der Waals surface area contributed by atoms with E-state index in [4.69, 9.17) is 0 Å². The lowest BCUT2D eigenvalue weighted by atomic mass is 9.88. The smallest absolute Gasteiger partial charge is 0.313 e. The number of nitrogens with one attached hydrogen (secondary N) is 2. The lowest BCUT2D eigenvalue weighted by molar-refractivity contribution is -0.136. The molecule has 1 heterocycles. The first kappa shape index (κ1) is 20.8. The van der Waals surface area contributed by atoms with Crippen molar-refractivity contribution >= 4 is 17.5 Å². The Morgan fingerprint density at radius 2 is 1.54 bits per heavy atom. The molecule has 0 spiro atoms. The Hall–Kier alpha value is -1.88. The molecule has 1 saturated heterocycles. The molecular weight excluding hydrogens is 350 g/mol. The van der Waals surface area contributed by atoms with Crippen LogP contribution in [0.1, 0.15) is 70.8 Å². The van der Waals surface area contributed by atoms with Crippen LogP contribution in [0.4, 0.5) is 5.69 Å². The third kappa shape index (κ3) is 5.57. The van der Waals surface area contributed by atoms with Gasteiger partial charge in [-0.1, -0.05) is 32.9 Å². The third-order valence-corrected chi connectivity index (χ3v) is 6.41. The van der Waals surface area contributed by atoms with E-state index < -0.39 is 11.8 Å². The first-order valence-electron chi connectivity index (χ1n) is 10.9. The zero-order chi connectivity index (χ0) is 20.1. The zero-order valence-electron chi connectivity index (χ0n) is 17.5. The molecule has 1 saturated carbocycles. The van der Waals surface area contributed by atoms with E-state index in [9.17, 15) is 9.59 Å². The van der Waals surface area contributed by atoms with E-state index in [0.29, 0.717) is 17.6 Å². The lowest BCUT2D eigenvalue weighted by Crippen LogP contribution is -2.48. The van der Waals surface area contributed by atoms with Crippen molar-refractivity contribution in [3.8, 4) is 0 Å². The average molecular weight is 386 g/mol. The second-order valence-corrected chi connectivity index (χ2v) is 8.93. The molecule has 5 heteroatoms. The van der Waals surface area contributed by atoms with Crippen LogP contribution in [0.3, 0.4) is 0 Å². The number of amides is 2. The van der Waals surface area contributed by atoms with Gasteiger partial charge in [-0.2, -0.15) is 0 Å². The van der Waals surface area contributed by atoms with Gasteiger partial charge in [0.25, 0.3) is 0 Å². The predicted molar refractivity (Wildman–Crippen MR) is 113 cm³/mol. The molecule has 0 unspecified atom stereocenters. The van der Waals surface area contributed by atoms with Crippen molar-refractivity contribution in [2.75, 3.05) is 18.4 Å². The van der Waals surface area contributed by atoms with Gasteiger partial charge in [0, 0.05) is 17.8 Å². The van der Waals surface area contributed by atoms with Crippen LogP contribution in [0.5, 0.6) is 0 Å². The van der Waals surface area contributed by atoms with Gasteiger partial charge in [-0.25, -0.2) is 0 Å². The highest BCUT2D eigenvalue weighted by molar-refractivity contribution is 6.39. The van der Waals surface area contributed by atoms with E-state index in [1.54, 1.807) is 0 Å². The van der Waals surface area contributed by atoms with E-state index in [1.165, 1.54) is 31.5 Å². The summed E-state index contributed by atoms with van der Waals surface area (Å²) in [6, 6.07) is 8.44. The Morgan fingerprint density at radius 3 is 2.11 bits per heavy atom. The minimum Gasteiger partial charge on any atom is -0.345 e. The van der Waals surface area contributed by atoms with Gasteiger partial charge < -0.3 is 15.5 Å². The molecule has 1 aliphatic heterocycles. The molecule has 2 N–H and O–H groups in total. The van der Waals surface area contributed by atoms with Crippen molar-refractivity contribution < 1.29 is 9.59 Å². The first-order valence-corrected chi connectivity index (χ1v) is 10.9. The van der Waals surface area contributed by atoms with Gasteiger partial charge in [0.05, 0.1) is 0 Å². The molecule has 28 heavy (non-hydrogen) atoms. The van der Waals surface area contributed by atoms with Crippen LogP contribution in [-0.4, -0.2) is 41.9 Å². The number of rotatable bonds is 4. The molecule has 0 atom stereocenters. The second kappa shape index (κ2) is 9.55. The van der Waals surface area contributed by atoms with Crippen LogP contribution in [0, 0.1) is 5.92 Å². The van der Waals surface area contributed by atoms with E-state index in [-0.39, 0.29) is 6.04 Å². The van der Waals surface area contributed by atoms with E-state index in [0.717, 1.165) is 31.6 Å². The van der Waals surface area contributed by atoms with Crippen molar-refractivity contribution in [1.82, 2.24) is 10.2 Å². The predicted octanol–water partition coefficient (Wildman–Crippen LogP) is 3.91. The minimum absolute atomic E-state index is 0.113. The topological polar surface area (TPSA) is 61.4 Å². The third-order valence-electron chi connectivity index (χ3n) is 6.41. The van der Waals surface area contributed by atoms with Crippen LogP contribution >= 0.6 is 0 Å². The SMILES string of the molecule is CC1CCN(C2CCC(NC(=O)C(=O)Nc3ccc(C(C)C)cc3)CC2)CC1. The van der Waals surface area contributed by atoms with Gasteiger partial charge in [-0.15, -0.1) is 0 Å². The monoisotopic (exact) mass is 385 g/mol. The number of benzene rings is 1. The first-order chi connectivity index (χ1) is 13.4. The summed E-state index contributed by atoms with van der Waals surface area (Å²) in [5.41, 5.74) is 1.87. The highest BCUT2D eigenvalue weighted by Crippen LogP contribution is 2.27. The molecule has 2 fully saturated rings. The van der Waals surface area contributed by atoms with Gasteiger partial charge in [0.15, 0.2) is 0 Å². The Balaban J connectivity index is 1.41. The quantitative estimate of drug-likeness (QED) is 0.773. The second-order valence-electron chi connectivity index (χ2n) is 8.93. The molecule has 1 aromatic carbocycles. The molecule has 0 bridgehead atoms. The molecule has 1 aliphatic carbocycles. The van der Waals surface area contributed by atoms with Crippen molar-refractivity contribution in [2.45, 2.75) is 77.3 Å². The van der Waals surface area contributed by atoms with Crippen LogP contribution in [0.25, 0.3) is 0 Å². The molecule has 2 amide bonds. The van der Waals surface area contributed by atoms with Gasteiger partial charge in [-0.3, -0.25) is 9.59 Å². The number of nitrogens with zero attached hydrogens (tertiary/aromatic N) is 1. The fraction of sp³-hybridized carbons (Fsp3) is 0.652. The average Bonchev–Trinajstić information content (AvgIpc) is 2.69. The highest BCUT2D eigenvalue weighted by atomic mass is 16.2. The Labute approximate surface area is 169 Å². The maximum absolute atomic E-state index is 12.3. The molecule has 2 aliphatic rings. The summed E-state index contributed by atoms with van der Waals surface area (Å²) < 4.78 is 0. The number of likely N-dealkylation sites (tertiary alicyclic amines) is 1. The van der Waals surface area contributed by atoms with Crippen LogP contribution in [-0.2, 0) is 9.59 Å². The fourth-order valence-corrected chi connectivity index (χ4v) is 4.37. The van der Waals surface area contributed by atoms with Crippen molar-refractivity contribution in [3.63, 3.8) is 0 Å². The summed E-state index contributed by atoms with van der Waals surface area (Å²) in [6.07, 6.45) is 6.73. The largest absolute Gasteiger partial charge is 0.345 e. The molecular formula is C23H35N3O2. The van der Waals surface area contributed by atoms with Crippen LogP contribution in [0.15, 0.2) is 24.3 Å². The summed E-state index contributed by atoms with van der Waals surface area (Å²) in [5, 5.41) is 5.63. The molecule has 154 valence electrons. The number of hydrogen-bond donors (Lipinski definition) is 2. The molecule has 3 rings (SSSR count). The maximum Gasteiger partial charge on any atom is 0.313 e. The highest BCUT2D eigenvalue weighted by Gasteiger charge is 2.29. The summed E-state index contributed by atoms with van der Waals surface area (Å²) in [6.45, 7) is 9.01. The van der Waals surface area contributed by atoms with Crippen LogP contribution in [0.2, 0.25) is 0 Å². The van der Waals surface area contributed by atoms with Gasteiger partial charge in [0.1, 0.15) is 0 Å². The molecule has 0 aromatic heterocycles. The summed E-state index contributed by atoms with van der Waals surface area (Å²) >= 11 is 0. The van der Waals surface area contributed by atoms with Gasteiger partial charge in [0.2, 0.25) is 0 Å². The summed E-state index contributed by atoms with van der Waals surface area (Å²) in [7, 11) is 0. The van der Waals surface area contributed by atoms with Crippen molar-refractivity contribution in [2.24, 2.45) is 5.92 Å². The molecule has 5 nitrogen and oxygen atoms in total. The van der Waals surface area contributed by atoms with Crippen molar-refractivity contribution in [3.05, 3.63) is 29.8 Å². The minimum atomic E-state index is -0.579. The Morgan fingerprint density at radius 1 is 0.929 bits per heavy atom. The van der Waals surface area contributed by atoms with Gasteiger partial charge >= 0.3 is 11.8 Å². The number of carbonyl (C=O) groups is 2. The van der Waals surface area contributed by atoms with E-state index in [1.807, 2.05) is 24.3 Å². The number of piperidine rings is 1. The Bertz CT molecular complexity index is 655. The van der Waals surface area contributed by atoms with Crippen molar-refractivity contribution in [1.29, 1.82) is 0 Å². The maximum atomic E-state index is 12.3. The summed E-state index contributed by atoms with van der Waals surface area (Å²) in [4.78, 5) is 27.1. The number of hydrogen-bond acceptors (Lipinski definition) is 3. The lowest BCUT2D eigenvalue weighted by Gasteiger charge is -2.40. The van der Waals surface area contributed by atoms with E-state index in [2.05, 4.69) is 36.3 Å². The molecule has 0 radical (unpaired) electrons. The van der Waals surface area contributed by atoms with Gasteiger partial charge in [-0.05, 0) is 81.1 Å². The standard InChI is InChI=1S/C23H35N3O2/c1-16(2)18-4-6-19(7-5-18)24-22(27)23(28)25-20-8-10-21(11-9-20)26-14-12-17(3)13-15-26/h4-7,16-17,20-21H,8-15H2,1-3H3,(H,24,27)(H,25,28). The van der Waals surface area contributed by atoms with Crippen LogP contribution < -0.4 is 10.6 Å². The number of anilines is 1. The van der Waals surface area contributed by atoms with E-state index >= 15 is 0 Å². The number of carbonyl (C=O) groups excluding carboxylic acids is 2. The fourth-order valence-electron chi connectivity index (χ4n) is 4.37. The Kier molecular flexibility index (Phi) is 7.11. The normalized spacial score (nSPS) is 24.1. The zero-order valence-corrected chi connectivity index (χ0v) is 17.5. The summed E-state index contributed by atoms with van der Waals surface area (Å²) in [5.74, 6) is 0.191. The molecule has 1 aromatic rings.